The Morgan fingerprint density at radius 3 is 2.92 bits per heavy atom. The first kappa shape index (κ1) is 8.05. The summed E-state index contributed by atoms with van der Waals surface area (Å²) in [6.45, 7) is 1.09. The third-order valence-corrected chi connectivity index (χ3v) is 3.08. The molecule has 1 aliphatic rings. The topological polar surface area (TPSA) is 20.7 Å². The summed E-state index contributed by atoms with van der Waals surface area (Å²) >= 11 is 5.10. The number of aromatic nitrogens is 2. The molecule has 1 aromatic rings. The van der Waals surface area contributed by atoms with Gasteiger partial charge >= 0.3 is 0 Å². The molecule has 1 saturated carbocycles. The van der Waals surface area contributed by atoms with Crippen LogP contribution in [0.25, 0.3) is 0 Å². The van der Waals surface area contributed by atoms with Crippen LogP contribution in [-0.2, 0) is 6.54 Å². The van der Waals surface area contributed by atoms with Gasteiger partial charge in [-0.05, 0) is 24.6 Å². The summed E-state index contributed by atoms with van der Waals surface area (Å²) in [6.07, 6.45) is 9.52. The Hall–Kier alpha value is -0.570. The largest absolute Gasteiger partial charge is 0.337 e. The Kier molecular flexibility index (Phi) is 2.30. The molecule has 66 valence electrons. The van der Waals surface area contributed by atoms with E-state index in [9.17, 15) is 0 Å². The van der Waals surface area contributed by atoms with E-state index < -0.39 is 0 Å². The van der Waals surface area contributed by atoms with Crippen LogP contribution in [0.2, 0.25) is 0 Å². The number of aryl methyl sites for hydroxylation is 1. The minimum atomic E-state index is 0.856. The molecule has 1 aromatic heterocycles. The zero-order chi connectivity index (χ0) is 8.39. The van der Waals surface area contributed by atoms with Crippen LogP contribution in [0.5, 0.6) is 0 Å². The number of hydrogen-bond acceptors (Lipinski definition) is 1. The molecule has 1 N–H and O–H groups in total. The zero-order valence-corrected chi connectivity index (χ0v) is 7.94. The van der Waals surface area contributed by atoms with Crippen molar-refractivity contribution in [3.63, 3.8) is 0 Å². The Morgan fingerprint density at radius 2 is 2.42 bits per heavy atom. The zero-order valence-electron chi connectivity index (χ0n) is 7.12. The molecule has 0 spiro atoms. The molecule has 0 amide bonds. The summed E-state index contributed by atoms with van der Waals surface area (Å²) in [7, 11) is 0. The summed E-state index contributed by atoms with van der Waals surface area (Å²) in [6, 6.07) is 0. The fraction of sp³-hybridized carbons (Fsp3) is 0.667. The van der Waals surface area contributed by atoms with Gasteiger partial charge in [0, 0.05) is 18.9 Å². The molecule has 0 unspecified atom stereocenters. The van der Waals surface area contributed by atoms with Gasteiger partial charge in [0.05, 0.1) is 0 Å². The summed E-state index contributed by atoms with van der Waals surface area (Å²) < 4.78 is 2.97. The molecule has 1 heterocycles. The summed E-state index contributed by atoms with van der Waals surface area (Å²) in [5, 5.41) is 0. The van der Waals surface area contributed by atoms with E-state index in [1.807, 2.05) is 12.4 Å². The Morgan fingerprint density at radius 1 is 1.58 bits per heavy atom. The second kappa shape index (κ2) is 3.44. The standard InChI is InChI=1S/C9H14N2S/c12-9-10-5-7-11(9)6-4-8-2-1-3-8/h5,7-8H,1-4,6H2,(H,10,12). The minimum absolute atomic E-state index is 0.856. The van der Waals surface area contributed by atoms with Crippen LogP contribution in [0.4, 0.5) is 0 Å². The van der Waals surface area contributed by atoms with Gasteiger partial charge in [0.15, 0.2) is 4.77 Å². The molecular weight excluding hydrogens is 168 g/mol. The van der Waals surface area contributed by atoms with Crippen molar-refractivity contribution in [2.45, 2.75) is 32.2 Å². The van der Waals surface area contributed by atoms with E-state index in [2.05, 4.69) is 9.55 Å². The van der Waals surface area contributed by atoms with Crippen LogP contribution in [0, 0.1) is 10.7 Å². The normalized spacial score (nSPS) is 17.7. The van der Waals surface area contributed by atoms with E-state index in [0.717, 1.165) is 17.2 Å². The monoisotopic (exact) mass is 182 g/mol. The Labute approximate surface area is 77.6 Å². The molecule has 0 aromatic carbocycles. The average Bonchev–Trinajstić information content (AvgIpc) is 2.33. The molecule has 2 rings (SSSR count). The number of nitrogens with zero attached hydrogens (tertiary/aromatic N) is 1. The van der Waals surface area contributed by atoms with Crippen LogP contribution < -0.4 is 0 Å². The lowest BCUT2D eigenvalue weighted by Gasteiger charge is -2.25. The number of hydrogen-bond donors (Lipinski definition) is 1. The minimum Gasteiger partial charge on any atom is -0.337 e. The van der Waals surface area contributed by atoms with Gasteiger partial charge in [0.25, 0.3) is 0 Å². The van der Waals surface area contributed by atoms with E-state index in [0.29, 0.717) is 0 Å². The molecule has 0 aliphatic heterocycles. The van der Waals surface area contributed by atoms with Gasteiger partial charge in [-0.1, -0.05) is 19.3 Å². The van der Waals surface area contributed by atoms with E-state index in [-0.39, 0.29) is 0 Å². The first-order chi connectivity index (χ1) is 5.86. The quantitative estimate of drug-likeness (QED) is 0.713. The highest BCUT2D eigenvalue weighted by atomic mass is 32.1. The molecule has 0 radical (unpaired) electrons. The number of imidazole rings is 1. The molecule has 3 heteroatoms. The predicted octanol–water partition coefficient (Wildman–Crippen LogP) is 2.74. The molecule has 12 heavy (non-hydrogen) atoms. The molecule has 1 fully saturated rings. The first-order valence-corrected chi connectivity index (χ1v) is 5.01. The van der Waals surface area contributed by atoms with Crippen molar-refractivity contribution in [1.82, 2.24) is 9.55 Å². The molecule has 0 saturated heterocycles. The molecular formula is C9H14N2S. The van der Waals surface area contributed by atoms with Crippen LogP contribution in [0.3, 0.4) is 0 Å². The van der Waals surface area contributed by atoms with Crippen molar-refractivity contribution in [2.24, 2.45) is 5.92 Å². The molecule has 2 nitrogen and oxygen atoms in total. The second-order valence-corrected chi connectivity index (χ2v) is 3.93. The third-order valence-electron chi connectivity index (χ3n) is 2.73. The van der Waals surface area contributed by atoms with Crippen LogP contribution >= 0.6 is 12.2 Å². The maximum Gasteiger partial charge on any atom is 0.177 e. The van der Waals surface area contributed by atoms with Crippen molar-refractivity contribution < 1.29 is 0 Å². The number of aromatic amines is 1. The third kappa shape index (κ3) is 1.61. The van der Waals surface area contributed by atoms with E-state index in [1.54, 1.807) is 0 Å². The number of H-pyrrole nitrogens is 1. The fourth-order valence-electron chi connectivity index (χ4n) is 1.63. The second-order valence-electron chi connectivity index (χ2n) is 3.54. The average molecular weight is 182 g/mol. The number of nitrogens with one attached hydrogen (secondary N) is 1. The van der Waals surface area contributed by atoms with Crippen LogP contribution in [0.1, 0.15) is 25.7 Å². The smallest absolute Gasteiger partial charge is 0.177 e. The highest BCUT2D eigenvalue weighted by Crippen LogP contribution is 2.29. The van der Waals surface area contributed by atoms with Gasteiger partial charge in [-0.15, -0.1) is 0 Å². The molecule has 1 aliphatic carbocycles. The van der Waals surface area contributed by atoms with Gasteiger partial charge in [-0.25, -0.2) is 0 Å². The summed E-state index contributed by atoms with van der Waals surface area (Å²) in [5.74, 6) is 0.974. The van der Waals surface area contributed by atoms with E-state index >= 15 is 0 Å². The van der Waals surface area contributed by atoms with Gasteiger partial charge in [-0.3, -0.25) is 0 Å². The van der Waals surface area contributed by atoms with Crippen molar-refractivity contribution in [2.75, 3.05) is 0 Å². The van der Waals surface area contributed by atoms with Gasteiger partial charge in [-0.2, -0.15) is 0 Å². The van der Waals surface area contributed by atoms with Crippen LogP contribution in [-0.4, -0.2) is 9.55 Å². The van der Waals surface area contributed by atoms with Gasteiger partial charge < -0.3 is 9.55 Å². The van der Waals surface area contributed by atoms with E-state index in [4.69, 9.17) is 12.2 Å². The van der Waals surface area contributed by atoms with Crippen molar-refractivity contribution in [3.8, 4) is 0 Å². The fourth-order valence-corrected chi connectivity index (χ4v) is 1.85. The maximum atomic E-state index is 5.10. The molecule has 0 atom stereocenters. The lowest BCUT2D eigenvalue weighted by Crippen LogP contribution is -2.13. The Balaban J connectivity index is 1.86. The summed E-state index contributed by atoms with van der Waals surface area (Å²) in [5.41, 5.74) is 0. The van der Waals surface area contributed by atoms with Crippen molar-refractivity contribution in [3.05, 3.63) is 17.2 Å². The van der Waals surface area contributed by atoms with Gasteiger partial charge in [0.1, 0.15) is 0 Å². The van der Waals surface area contributed by atoms with Crippen molar-refractivity contribution in [1.29, 1.82) is 0 Å². The Bertz CT molecular complexity index is 295. The highest BCUT2D eigenvalue weighted by Gasteiger charge is 2.16. The predicted molar refractivity (Wildman–Crippen MR) is 51.6 cm³/mol. The lowest BCUT2D eigenvalue weighted by atomic mass is 9.83. The van der Waals surface area contributed by atoms with Gasteiger partial charge in [0.2, 0.25) is 0 Å². The SMILES string of the molecule is S=c1[nH]ccn1CCC1CCC1. The summed E-state index contributed by atoms with van der Waals surface area (Å²) in [4.78, 5) is 3.01. The van der Waals surface area contributed by atoms with Crippen molar-refractivity contribution >= 4 is 12.2 Å². The number of rotatable bonds is 3. The van der Waals surface area contributed by atoms with Crippen LogP contribution in [0.15, 0.2) is 12.4 Å². The lowest BCUT2D eigenvalue weighted by molar-refractivity contribution is 0.282. The maximum absolute atomic E-state index is 5.10. The first-order valence-electron chi connectivity index (χ1n) is 4.60. The highest BCUT2D eigenvalue weighted by molar-refractivity contribution is 7.71. The van der Waals surface area contributed by atoms with E-state index in [1.165, 1.54) is 25.7 Å². The molecule has 0 bridgehead atoms.